The highest BCUT2D eigenvalue weighted by molar-refractivity contribution is 9.10. The molecule has 0 saturated carbocycles. The maximum Gasteiger partial charge on any atom is 0.573 e. The molecule has 124 valence electrons. The van der Waals surface area contributed by atoms with Crippen molar-refractivity contribution in [2.24, 2.45) is 0 Å². The van der Waals surface area contributed by atoms with E-state index < -0.39 is 22.1 Å². The van der Waals surface area contributed by atoms with Gasteiger partial charge in [0.2, 0.25) is 0 Å². The van der Waals surface area contributed by atoms with Crippen molar-refractivity contribution in [2.45, 2.75) is 18.2 Å². The van der Waals surface area contributed by atoms with Gasteiger partial charge in [-0.1, -0.05) is 17.7 Å². The van der Waals surface area contributed by atoms with Crippen LogP contribution in [0, 0.1) is 6.92 Å². The Morgan fingerprint density at radius 3 is 2.26 bits per heavy atom. The Morgan fingerprint density at radius 2 is 1.70 bits per heavy atom. The van der Waals surface area contributed by atoms with Gasteiger partial charge in [0.25, 0.3) is 10.0 Å². The lowest BCUT2D eigenvalue weighted by molar-refractivity contribution is -0.274. The molecular formula is C14H11BrF3NO3S. The topological polar surface area (TPSA) is 55.4 Å². The molecule has 2 rings (SSSR count). The number of halogens is 4. The number of benzene rings is 2. The van der Waals surface area contributed by atoms with Gasteiger partial charge in [-0.2, -0.15) is 0 Å². The van der Waals surface area contributed by atoms with Crippen molar-refractivity contribution in [1.82, 2.24) is 0 Å². The molecule has 0 aliphatic rings. The average Bonchev–Trinajstić information content (AvgIpc) is 2.41. The first-order valence-electron chi connectivity index (χ1n) is 6.22. The lowest BCUT2D eigenvalue weighted by Gasteiger charge is -2.13. The quantitative estimate of drug-likeness (QED) is 0.810. The minimum atomic E-state index is -4.86. The summed E-state index contributed by atoms with van der Waals surface area (Å²) < 4.78 is 67.5. The molecule has 0 atom stereocenters. The number of rotatable bonds is 4. The monoisotopic (exact) mass is 409 g/mol. The molecular weight excluding hydrogens is 399 g/mol. The molecule has 1 N–H and O–H groups in total. The van der Waals surface area contributed by atoms with Crippen LogP contribution in [0.15, 0.2) is 51.8 Å². The highest BCUT2D eigenvalue weighted by Gasteiger charge is 2.31. The molecule has 0 bridgehead atoms. The highest BCUT2D eigenvalue weighted by Crippen LogP contribution is 2.32. The SMILES string of the molecule is Cc1ccc(S(=O)(=O)Nc2cc(OC(F)(F)F)ccc2Br)cc1. The van der Waals surface area contributed by atoms with Crippen LogP contribution >= 0.6 is 15.9 Å². The number of ether oxygens (including phenoxy) is 1. The van der Waals surface area contributed by atoms with E-state index in [2.05, 4.69) is 25.4 Å². The van der Waals surface area contributed by atoms with Gasteiger partial charge in [0.1, 0.15) is 5.75 Å². The number of hydrogen-bond donors (Lipinski definition) is 1. The maximum absolute atomic E-state index is 12.3. The van der Waals surface area contributed by atoms with Gasteiger partial charge in [-0.3, -0.25) is 4.72 Å². The molecule has 0 spiro atoms. The van der Waals surface area contributed by atoms with Gasteiger partial charge in [-0.25, -0.2) is 8.42 Å². The molecule has 0 fully saturated rings. The Kier molecular flexibility index (Phi) is 4.90. The number of aryl methyl sites for hydroxylation is 1. The van der Waals surface area contributed by atoms with Gasteiger partial charge in [-0.15, -0.1) is 13.2 Å². The van der Waals surface area contributed by atoms with Crippen LogP contribution in [0.3, 0.4) is 0 Å². The summed E-state index contributed by atoms with van der Waals surface area (Å²) in [5.74, 6) is -0.526. The number of anilines is 1. The van der Waals surface area contributed by atoms with Gasteiger partial charge in [-0.05, 0) is 47.1 Å². The second kappa shape index (κ2) is 6.40. The summed E-state index contributed by atoms with van der Waals surface area (Å²) in [4.78, 5) is -0.00265. The minimum Gasteiger partial charge on any atom is -0.406 e. The largest absolute Gasteiger partial charge is 0.573 e. The van der Waals surface area contributed by atoms with Crippen molar-refractivity contribution < 1.29 is 26.3 Å². The third-order valence-corrected chi connectivity index (χ3v) is 4.82. The summed E-state index contributed by atoms with van der Waals surface area (Å²) in [7, 11) is -3.93. The number of hydrogen-bond acceptors (Lipinski definition) is 3. The summed E-state index contributed by atoms with van der Waals surface area (Å²) in [6.45, 7) is 1.80. The molecule has 9 heteroatoms. The average molecular weight is 410 g/mol. The van der Waals surface area contributed by atoms with Crippen LogP contribution in [0.1, 0.15) is 5.56 Å². The fourth-order valence-electron chi connectivity index (χ4n) is 1.70. The van der Waals surface area contributed by atoms with Crippen LogP contribution in [-0.4, -0.2) is 14.8 Å². The summed E-state index contributed by atoms with van der Waals surface area (Å²) in [6, 6.07) is 9.32. The third kappa shape index (κ3) is 4.87. The first kappa shape index (κ1) is 17.6. The minimum absolute atomic E-state index is 0.00265. The van der Waals surface area contributed by atoms with Gasteiger partial charge >= 0.3 is 6.36 Å². The van der Waals surface area contributed by atoms with Crippen LogP contribution in [0.4, 0.5) is 18.9 Å². The summed E-state index contributed by atoms with van der Waals surface area (Å²) in [5.41, 5.74) is 0.818. The van der Waals surface area contributed by atoms with E-state index in [0.29, 0.717) is 0 Å². The predicted molar refractivity (Wildman–Crippen MR) is 82.8 cm³/mol. The first-order chi connectivity index (χ1) is 10.6. The van der Waals surface area contributed by atoms with Gasteiger partial charge in [0, 0.05) is 10.5 Å². The van der Waals surface area contributed by atoms with Gasteiger partial charge in [0.05, 0.1) is 10.6 Å². The van der Waals surface area contributed by atoms with Crippen LogP contribution in [0.25, 0.3) is 0 Å². The van der Waals surface area contributed by atoms with E-state index in [1.54, 1.807) is 19.1 Å². The molecule has 0 radical (unpaired) electrons. The highest BCUT2D eigenvalue weighted by atomic mass is 79.9. The van der Waals surface area contributed by atoms with E-state index >= 15 is 0 Å². The Bertz CT molecular complexity index is 805. The molecule has 0 unspecified atom stereocenters. The molecule has 0 heterocycles. The molecule has 2 aromatic rings. The van der Waals surface area contributed by atoms with Gasteiger partial charge < -0.3 is 4.74 Å². The molecule has 0 saturated heterocycles. The zero-order valence-electron chi connectivity index (χ0n) is 11.7. The lowest BCUT2D eigenvalue weighted by Crippen LogP contribution is -2.18. The fraction of sp³-hybridized carbons (Fsp3) is 0.143. The second-order valence-electron chi connectivity index (χ2n) is 4.61. The van der Waals surface area contributed by atoms with Crippen LogP contribution in [0.5, 0.6) is 5.75 Å². The maximum atomic E-state index is 12.3. The van der Waals surface area contributed by atoms with E-state index in [1.807, 2.05) is 0 Å². The van der Waals surface area contributed by atoms with Crippen molar-refractivity contribution >= 4 is 31.6 Å². The number of sulfonamides is 1. The predicted octanol–water partition coefficient (Wildman–Crippen LogP) is 4.46. The van der Waals surface area contributed by atoms with Crippen molar-refractivity contribution in [3.05, 3.63) is 52.5 Å². The summed E-state index contributed by atoms with van der Waals surface area (Å²) >= 11 is 3.08. The molecule has 0 aliphatic carbocycles. The Labute approximate surface area is 139 Å². The Balaban J connectivity index is 2.31. The standard InChI is InChI=1S/C14H11BrF3NO3S/c1-9-2-5-11(6-3-9)23(20,21)19-13-8-10(4-7-12(13)15)22-14(16,17)18/h2-8,19H,1H3. The zero-order valence-corrected chi connectivity index (χ0v) is 14.1. The Morgan fingerprint density at radius 1 is 1.09 bits per heavy atom. The normalized spacial score (nSPS) is 12.0. The lowest BCUT2D eigenvalue weighted by atomic mass is 10.2. The Hall–Kier alpha value is -1.74. The van der Waals surface area contributed by atoms with Gasteiger partial charge in [0.15, 0.2) is 0 Å². The van der Waals surface area contributed by atoms with E-state index in [9.17, 15) is 21.6 Å². The molecule has 0 amide bonds. The van der Waals surface area contributed by atoms with Crippen molar-refractivity contribution in [1.29, 1.82) is 0 Å². The first-order valence-corrected chi connectivity index (χ1v) is 8.49. The molecule has 2 aromatic carbocycles. The zero-order chi connectivity index (χ0) is 17.3. The van der Waals surface area contributed by atoms with Crippen molar-refractivity contribution in [3.8, 4) is 5.75 Å². The molecule has 4 nitrogen and oxygen atoms in total. The van der Waals surface area contributed by atoms with E-state index in [1.165, 1.54) is 18.2 Å². The van der Waals surface area contributed by atoms with E-state index in [0.717, 1.165) is 17.7 Å². The smallest absolute Gasteiger partial charge is 0.406 e. The van der Waals surface area contributed by atoms with Crippen LogP contribution in [-0.2, 0) is 10.0 Å². The summed E-state index contributed by atoms with van der Waals surface area (Å²) in [6.07, 6.45) is -4.86. The van der Waals surface area contributed by atoms with Crippen molar-refractivity contribution in [2.75, 3.05) is 4.72 Å². The fourth-order valence-corrected chi connectivity index (χ4v) is 3.25. The van der Waals surface area contributed by atoms with Crippen LogP contribution < -0.4 is 9.46 Å². The summed E-state index contributed by atoms with van der Waals surface area (Å²) in [5, 5.41) is 0. The number of nitrogens with one attached hydrogen (secondary N) is 1. The molecule has 23 heavy (non-hydrogen) atoms. The second-order valence-corrected chi connectivity index (χ2v) is 7.14. The third-order valence-electron chi connectivity index (χ3n) is 2.75. The van der Waals surface area contributed by atoms with Crippen molar-refractivity contribution in [3.63, 3.8) is 0 Å². The van der Waals surface area contributed by atoms with E-state index in [-0.39, 0.29) is 15.1 Å². The van der Waals surface area contributed by atoms with Crippen LogP contribution in [0.2, 0.25) is 0 Å². The number of alkyl halides is 3. The van der Waals surface area contributed by atoms with E-state index in [4.69, 9.17) is 0 Å². The molecule has 0 aliphatic heterocycles. The molecule has 0 aromatic heterocycles.